The van der Waals surface area contributed by atoms with Gasteiger partial charge in [-0.05, 0) is 44.0 Å². The van der Waals surface area contributed by atoms with Crippen LogP contribution in [0.5, 0.6) is 0 Å². The lowest BCUT2D eigenvalue weighted by Gasteiger charge is -2.29. The van der Waals surface area contributed by atoms with Crippen molar-refractivity contribution < 1.29 is 0 Å². The first-order valence-corrected chi connectivity index (χ1v) is 5.93. The largest absolute Gasteiger partial charge is 0.308 e. The average Bonchev–Trinajstić information content (AvgIpc) is 2.32. The molecule has 3 N–H and O–H groups in total. The highest BCUT2D eigenvalue weighted by Crippen LogP contribution is 2.17. The van der Waals surface area contributed by atoms with Crippen molar-refractivity contribution in [3.8, 4) is 0 Å². The van der Waals surface area contributed by atoms with Crippen molar-refractivity contribution in [2.75, 3.05) is 18.5 Å². The number of aromatic nitrogens is 1. The SMILES string of the molecule is CC1CCN(Cc2cccc(NN)n2)CC1. The highest BCUT2D eigenvalue weighted by molar-refractivity contribution is 5.33. The molecule has 0 amide bonds. The van der Waals surface area contributed by atoms with Gasteiger partial charge in [0.05, 0.1) is 5.69 Å². The molecule has 4 nitrogen and oxygen atoms in total. The highest BCUT2D eigenvalue weighted by atomic mass is 15.3. The van der Waals surface area contributed by atoms with Gasteiger partial charge in [-0.15, -0.1) is 0 Å². The number of nitrogen functional groups attached to an aromatic ring is 1. The Morgan fingerprint density at radius 3 is 2.88 bits per heavy atom. The van der Waals surface area contributed by atoms with Gasteiger partial charge in [-0.25, -0.2) is 10.8 Å². The van der Waals surface area contributed by atoms with Crippen molar-refractivity contribution >= 4 is 5.82 Å². The Hall–Kier alpha value is -1.13. The topological polar surface area (TPSA) is 54.2 Å². The molecule has 1 saturated heterocycles. The summed E-state index contributed by atoms with van der Waals surface area (Å²) in [5.41, 5.74) is 3.67. The fourth-order valence-electron chi connectivity index (χ4n) is 2.10. The van der Waals surface area contributed by atoms with E-state index in [0.717, 1.165) is 24.0 Å². The quantitative estimate of drug-likeness (QED) is 0.600. The van der Waals surface area contributed by atoms with Crippen LogP contribution in [0.15, 0.2) is 18.2 Å². The van der Waals surface area contributed by atoms with Crippen LogP contribution in [0.4, 0.5) is 5.82 Å². The number of rotatable bonds is 3. The lowest BCUT2D eigenvalue weighted by atomic mass is 9.99. The third kappa shape index (κ3) is 2.93. The van der Waals surface area contributed by atoms with Crippen LogP contribution in [-0.4, -0.2) is 23.0 Å². The summed E-state index contributed by atoms with van der Waals surface area (Å²) in [6.07, 6.45) is 2.60. The molecule has 1 aliphatic heterocycles. The lowest BCUT2D eigenvalue weighted by molar-refractivity contribution is 0.183. The summed E-state index contributed by atoms with van der Waals surface area (Å²) < 4.78 is 0. The lowest BCUT2D eigenvalue weighted by Crippen LogP contribution is -2.32. The Balaban J connectivity index is 1.93. The molecule has 1 aromatic rings. The second-order valence-corrected chi connectivity index (χ2v) is 4.62. The number of hydrogen-bond acceptors (Lipinski definition) is 4. The minimum atomic E-state index is 0.739. The van der Waals surface area contributed by atoms with E-state index in [1.54, 1.807) is 0 Å². The molecule has 1 fully saturated rings. The van der Waals surface area contributed by atoms with Crippen molar-refractivity contribution in [1.29, 1.82) is 0 Å². The van der Waals surface area contributed by atoms with E-state index in [0.29, 0.717) is 0 Å². The molecule has 16 heavy (non-hydrogen) atoms. The van der Waals surface area contributed by atoms with Crippen LogP contribution >= 0.6 is 0 Å². The first-order chi connectivity index (χ1) is 7.78. The summed E-state index contributed by atoms with van der Waals surface area (Å²) in [4.78, 5) is 6.89. The molecule has 2 rings (SSSR count). The van der Waals surface area contributed by atoms with Gasteiger partial charge in [-0.2, -0.15) is 0 Å². The van der Waals surface area contributed by atoms with Gasteiger partial charge in [0, 0.05) is 6.54 Å². The maximum atomic E-state index is 5.34. The van der Waals surface area contributed by atoms with Crippen LogP contribution < -0.4 is 11.3 Å². The Labute approximate surface area is 96.8 Å². The second kappa shape index (κ2) is 5.27. The van der Waals surface area contributed by atoms with Gasteiger partial charge in [0.25, 0.3) is 0 Å². The van der Waals surface area contributed by atoms with Crippen molar-refractivity contribution in [2.45, 2.75) is 26.3 Å². The molecule has 4 heteroatoms. The van der Waals surface area contributed by atoms with Crippen LogP contribution in [0.3, 0.4) is 0 Å². The van der Waals surface area contributed by atoms with Crippen LogP contribution in [0.2, 0.25) is 0 Å². The maximum absolute atomic E-state index is 5.34. The first kappa shape index (κ1) is 11.4. The van der Waals surface area contributed by atoms with Crippen molar-refractivity contribution in [2.24, 2.45) is 11.8 Å². The molecule has 0 saturated carbocycles. The van der Waals surface area contributed by atoms with Crippen LogP contribution in [0.1, 0.15) is 25.5 Å². The molecule has 0 aliphatic carbocycles. The molecule has 0 bridgehead atoms. The van der Waals surface area contributed by atoms with Crippen molar-refractivity contribution in [3.63, 3.8) is 0 Å². The third-order valence-electron chi connectivity index (χ3n) is 3.22. The molecule has 1 aliphatic rings. The van der Waals surface area contributed by atoms with Gasteiger partial charge in [-0.1, -0.05) is 13.0 Å². The Morgan fingerprint density at radius 2 is 2.19 bits per heavy atom. The third-order valence-corrected chi connectivity index (χ3v) is 3.22. The molecule has 2 heterocycles. The number of piperidine rings is 1. The Morgan fingerprint density at radius 1 is 1.44 bits per heavy atom. The van der Waals surface area contributed by atoms with Gasteiger partial charge in [0.15, 0.2) is 0 Å². The zero-order chi connectivity index (χ0) is 11.4. The van der Waals surface area contributed by atoms with E-state index < -0.39 is 0 Å². The predicted molar refractivity (Wildman–Crippen MR) is 65.7 cm³/mol. The Bertz CT molecular complexity index is 332. The summed E-state index contributed by atoms with van der Waals surface area (Å²) in [6.45, 7) is 5.63. The number of nitrogens with one attached hydrogen (secondary N) is 1. The summed E-state index contributed by atoms with van der Waals surface area (Å²) in [7, 11) is 0. The van der Waals surface area contributed by atoms with E-state index in [-0.39, 0.29) is 0 Å². The summed E-state index contributed by atoms with van der Waals surface area (Å²) in [6, 6.07) is 5.92. The van der Waals surface area contributed by atoms with Gasteiger partial charge < -0.3 is 5.43 Å². The van der Waals surface area contributed by atoms with E-state index >= 15 is 0 Å². The summed E-state index contributed by atoms with van der Waals surface area (Å²) in [5.74, 6) is 6.96. The number of hydrazine groups is 1. The number of hydrogen-bond donors (Lipinski definition) is 2. The summed E-state index contributed by atoms with van der Waals surface area (Å²) in [5, 5.41) is 0. The van der Waals surface area contributed by atoms with Crippen LogP contribution in [-0.2, 0) is 6.54 Å². The molecule has 1 aromatic heterocycles. The smallest absolute Gasteiger partial charge is 0.140 e. The van der Waals surface area contributed by atoms with E-state index in [2.05, 4.69) is 28.3 Å². The molecule has 0 atom stereocenters. The molecule has 0 radical (unpaired) electrons. The number of nitrogens with two attached hydrogens (primary N) is 1. The van der Waals surface area contributed by atoms with E-state index in [4.69, 9.17) is 5.84 Å². The molecule has 88 valence electrons. The van der Waals surface area contributed by atoms with Crippen LogP contribution in [0, 0.1) is 5.92 Å². The minimum Gasteiger partial charge on any atom is -0.308 e. The molecule has 0 unspecified atom stereocenters. The zero-order valence-electron chi connectivity index (χ0n) is 9.82. The van der Waals surface area contributed by atoms with Gasteiger partial charge in [0.1, 0.15) is 5.82 Å². The van der Waals surface area contributed by atoms with Gasteiger partial charge in [0.2, 0.25) is 0 Å². The highest BCUT2D eigenvalue weighted by Gasteiger charge is 2.15. The molecule has 0 spiro atoms. The fourth-order valence-corrected chi connectivity index (χ4v) is 2.10. The molecular weight excluding hydrogens is 200 g/mol. The monoisotopic (exact) mass is 220 g/mol. The van der Waals surface area contributed by atoms with E-state index in [1.165, 1.54) is 25.9 Å². The Kier molecular flexibility index (Phi) is 3.74. The second-order valence-electron chi connectivity index (χ2n) is 4.62. The van der Waals surface area contributed by atoms with Crippen molar-refractivity contribution in [1.82, 2.24) is 9.88 Å². The van der Waals surface area contributed by atoms with Gasteiger partial charge in [-0.3, -0.25) is 4.90 Å². The average molecular weight is 220 g/mol. The number of likely N-dealkylation sites (tertiary alicyclic amines) is 1. The van der Waals surface area contributed by atoms with Crippen LogP contribution in [0.25, 0.3) is 0 Å². The summed E-state index contributed by atoms with van der Waals surface area (Å²) >= 11 is 0. The maximum Gasteiger partial charge on any atom is 0.140 e. The van der Waals surface area contributed by atoms with Crippen molar-refractivity contribution in [3.05, 3.63) is 23.9 Å². The molecular formula is C12H20N4. The number of pyridine rings is 1. The molecule has 0 aromatic carbocycles. The first-order valence-electron chi connectivity index (χ1n) is 5.93. The number of anilines is 1. The van der Waals surface area contributed by atoms with E-state index in [9.17, 15) is 0 Å². The predicted octanol–water partition coefficient (Wildman–Crippen LogP) is 1.60. The van der Waals surface area contributed by atoms with Gasteiger partial charge >= 0.3 is 0 Å². The zero-order valence-corrected chi connectivity index (χ0v) is 9.82. The minimum absolute atomic E-state index is 0.739. The standard InChI is InChI=1S/C12H20N4/c1-10-5-7-16(8-6-10)9-11-3-2-4-12(14-11)15-13/h2-4,10H,5-9,13H2,1H3,(H,14,15). The number of nitrogens with zero attached hydrogens (tertiary/aromatic N) is 2. The van der Waals surface area contributed by atoms with E-state index in [1.807, 2.05) is 12.1 Å². The normalized spacial score (nSPS) is 18.6. The fraction of sp³-hybridized carbons (Fsp3) is 0.583.